The van der Waals surface area contributed by atoms with Crippen molar-refractivity contribution in [2.45, 2.75) is 27.7 Å². The molecule has 3 rings (SSSR count). The Hall–Kier alpha value is -2.42. The van der Waals surface area contributed by atoms with Gasteiger partial charge in [-0.1, -0.05) is 13.8 Å². The third-order valence-corrected chi connectivity index (χ3v) is 3.78. The van der Waals surface area contributed by atoms with Gasteiger partial charge in [0.2, 0.25) is 0 Å². The zero-order valence-corrected chi connectivity index (χ0v) is 14.7. The molecule has 0 spiro atoms. The van der Waals surface area contributed by atoms with Crippen LogP contribution in [-0.2, 0) is 0 Å². The molecule has 122 valence electrons. The lowest BCUT2D eigenvalue weighted by molar-refractivity contribution is 0.414. The van der Waals surface area contributed by atoms with Crippen LogP contribution < -0.4 is 9.47 Å². The van der Waals surface area contributed by atoms with E-state index in [2.05, 4.69) is 6.92 Å². The topological polar surface area (TPSA) is 31.6 Å². The van der Waals surface area contributed by atoms with Gasteiger partial charge in [-0.25, -0.2) is 0 Å². The fraction of sp³-hybridized carbons (Fsp3) is 0.300. The summed E-state index contributed by atoms with van der Waals surface area (Å²) in [5.41, 5.74) is 4.16. The van der Waals surface area contributed by atoms with Crippen LogP contribution in [0, 0.1) is 13.8 Å². The fourth-order valence-corrected chi connectivity index (χ4v) is 2.59. The van der Waals surface area contributed by atoms with Crippen molar-refractivity contribution >= 4 is 11.0 Å². The van der Waals surface area contributed by atoms with E-state index in [1.165, 1.54) is 0 Å². The number of rotatable bonds is 3. The van der Waals surface area contributed by atoms with E-state index < -0.39 is 0 Å². The molecule has 23 heavy (non-hydrogen) atoms. The molecule has 0 amide bonds. The molecule has 1 aromatic heterocycles. The Morgan fingerprint density at radius 3 is 2.00 bits per heavy atom. The van der Waals surface area contributed by atoms with Crippen molar-refractivity contribution in [2.24, 2.45) is 0 Å². The molecule has 0 aliphatic rings. The van der Waals surface area contributed by atoms with Gasteiger partial charge in [-0.3, -0.25) is 0 Å². The first kappa shape index (κ1) is 16.9. The summed E-state index contributed by atoms with van der Waals surface area (Å²) in [5, 5.41) is 1.10. The van der Waals surface area contributed by atoms with Crippen molar-refractivity contribution in [3.8, 4) is 22.8 Å². The Balaban J connectivity index is 0.000000924. The van der Waals surface area contributed by atoms with Crippen LogP contribution >= 0.6 is 0 Å². The standard InChI is InChI=1S/C18H18O3.C2H6/c1-11-9-15(20-4)10-16-12(2)18(21-17(11)16)13-5-7-14(19-3)8-6-13;1-2/h5-10H,1-4H3;1-2H3. The highest BCUT2D eigenvalue weighted by atomic mass is 16.5. The average molecular weight is 312 g/mol. The summed E-state index contributed by atoms with van der Waals surface area (Å²) >= 11 is 0. The van der Waals surface area contributed by atoms with Crippen molar-refractivity contribution in [3.63, 3.8) is 0 Å². The normalized spacial score (nSPS) is 10.2. The van der Waals surface area contributed by atoms with Gasteiger partial charge in [-0.05, 0) is 55.8 Å². The van der Waals surface area contributed by atoms with E-state index in [4.69, 9.17) is 13.9 Å². The number of aryl methyl sites for hydroxylation is 2. The zero-order chi connectivity index (χ0) is 17.0. The predicted molar refractivity (Wildman–Crippen MR) is 95.6 cm³/mol. The van der Waals surface area contributed by atoms with Crippen molar-refractivity contribution in [1.82, 2.24) is 0 Å². The van der Waals surface area contributed by atoms with Crippen LogP contribution in [-0.4, -0.2) is 14.2 Å². The average Bonchev–Trinajstić information content (AvgIpc) is 2.94. The van der Waals surface area contributed by atoms with Crippen LogP contribution in [0.3, 0.4) is 0 Å². The fourth-order valence-electron chi connectivity index (χ4n) is 2.59. The van der Waals surface area contributed by atoms with Gasteiger partial charge in [-0.15, -0.1) is 0 Å². The molecule has 0 aliphatic heterocycles. The molecule has 0 N–H and O–H groups in total. The van der Waals surface area contributed by atoms with E-state index in [0.717, 1.165) is 44.9 Å². The van der Waals surface area contributed by atoms with Crippen molar-refractivity contribution < 1.29 is 13.9 Å². The smallest absolute Gasteiger partial charge is 0.138 e. The Labute approximate surface area is 137 Å². The molecule has 2 aromatic carbocycles. The quantitative estimate of drug-likeness (QED) is 0.616. The molecular formula is C20H24O3. The molecule has 3 aromatic rings. The molecule has 0 aliphatic carbocycles. The zero-order valence-electron chi connectivity index (χ0n) is 14.7. The van der Waals surface area contributed by atoms with E-state index in [1.54, 1.807) is 14.2 Å². The summed E-state index contributed by atoms with van der Waals surface area (Å²) in [5.74, 6) is 2.58. The molecule has 0 atom stereocenters. The van der Waals surface area contributed by atoms with Gasteiger partial charge >= 0.3 is 0 Å². The molecule has 0 radical (unpaired) electrons. The number of benzene rings is 2. The van der Waals surface area contributed by atoms with E-state index in [0.29, 0.717) is 0 Å². The predicted octanol–water partition coefficient (Wildman–Crippen LogP) is 5.76. The Bertz CT molecular complexity index is 783. The maximum Gasteiger partial charge on any atom is 0.138 e. The van der Waals surface area contributed by atoms with Crippen LogP contribution in [0.25, 0.3) is 22.3 Å². The summed E-state index contributed by atoms with van der Waals surface area (Å²) in [7, 11) is 3.34. The molecule has 0 bridgehead atoms. The monoisotopic (exact) mass is 312 g/mol. The number of hydrogen-bond donors (Lipinski definition) is 0. The highest BCUT2D eigenvalue weighted by molar-refractivity contribution is 5.90. The molecule has 0 unspecified atom stereocenters. The summed E-state index contributed by atoms with van der Waals surface area (Å²) in [4.78, 5) is 0. The van der Waals surface area contributed by atoms with E-state index in [1.807, 2.05) is 57.2 Å². The van der Waals surface area contributed by atoms with Crippen LogP contribution in [0.5, 0.6) is 11.5 Å². The molecule has 1 heterocycles. The summed E-state index contributed by atoms with van der Waals surface area (Å²) in [6, 6.07) is 11.9. The first-order valence-corrected chi connectivity index (χ1v) is 7.86. The summed E-state index contributed by atoms with van der Waals surface area (Å²) in [6.45, 7) is 8.11. The Morgan fingerprint density at radius 2 is 1.43 bits per heavy atom. The third kappa shape index (κ3) is 3.19. The first-order valence-electron chi connectivity index (χ1n) is 7.86. The maximum absolute atomic E-state index is 6.09. The summed E-state index contributed by atoms with van der Waals surface area (Å²) in [6.07, 6.45) is 0. The molecular weight excluding hydrogens is 288 g/mol. The molecule has 0 fully saturated rings. The number of methoxy groups -OCH3 is 2. The van der Waals surface area contributed by atoms with Gasteiger partial charge in [0, 0.05) is 16.5 Å². The summed E-state index contributed by atoms with van der Waals surface area (Å²) < 4.78 is 16.6. The Kier molecular flexibility index (Phi) is 5.32. The SMILES string of the molecule is CC.COc1ccc(-c2oc3c(C)cc(OC)cc3c2C)cc1. The highest BCUT2D eigenvalue weighted by Crippen LogP contribution is 2.37. The van der Waals surface area contributed by atoms with E-state index >= 15 is 0 Å². The lowest BCUT2D eigenvalue weighted by Crippen LogP contribution is -1.84. The largest absolute Gasteiger partial charge is 0.497 e. The van der Waals surface area contributed by atoms with Crippen molar-refractivity contribution in [3.05, 3.63) is 47.5 Å². The number of fused-ring (bicyclic) bond motifs is 1. The highest BCUT2D eigenvalue weighted by Gasteiger charge is 2.15. The van der Waals surface area contributed by atoms with E-state index in [-0.39, 0.29) is 0 Å². The number of hydrogen-bond acceptors (Lipinski definition) is 3. The minimum atomic E-state index is 0.838. The van der Waals surface area contributed by atoms with Crippen LogP contribution in [0.15, 0.2) is 40.8 Å². The lowest BCUT2D eigenvalue weighted by Gasteiger charge is -2.01. The third-order valence-electron chi connectivity index (χ3n) is 3.78. The lowest BCUT2D eigenvalue weighted by atomic mass is 10.1. The van der Waals surface area contributed by atoms with Gasteiger partial charge in [-0.2, -0.15) is 0 Å². The van der Waals surface area contributed by atoms with Crippen molar-refractivity contribution in [1.29, 1.82) is 0 Å². The first-order chi connectivity index (χ1) is 11.1. The van der Waals surface area contributed by atoms with Gasteiger partial charge in [0.05, 0.1) is 14.2 Å². The van der Waals surface area contributed by atoms with Gasteiger partial charge < -0.3 is 13.9 Å². The molecule has 0 saturated carbocycles. The second-order valence-electron chi connectivity index (χ2n) is 5.11. The van der Waals surface area contributed by atoms with Crippen LogP contribution in [0.4, 0.5) is 0 Å². The van der Waals surface area contributed by atoms with Gasteiger partial charge in [0.25, 0.3) is 0 Å². The van der Waals surface area contributed by atoms with E-state index in [9.17, 15) is 0 Å². The molecule has 3 nitrogen and oxygen atoms in total. The van der Waals surface area contributed by atoms with Crippen molar-refractivity contribution in [2.75, 3.05) is 14.2 Å². The molecule has 3 heteroatoms. The van der Waals surface area contributed by atoms with Crippen LogP contribution in [0.2, 0.25) is 0 Å². The second-order valence-corrected chi connectivity index (χ2v) is 5.11. The maximum atomic E-state index is 6.09. The van der Waals surface area contributed by atoms with Gasteiger partial charge in [0.1, 0.15) is 22.8 Å². The molecule has 0 saturated heterocycles. The second kappa shape index (κ2) is 7.23. The minimum Gasteiger partial charge on any atom is -0.497 e. The number of furan rings is 1. The Morgan fingerprint density at radius 1 is 0.826 bits per heavy atom. The number of ether oxygens (including phenoxy) is 2. The van der Waals surface area contributed by atoms with Gasteiger partial charge in [0.15, 0.2) is 0 Å². The van der Waals surface area contributed by atoms with Crippen LogP contribution in [0.1, 0.15) is 25.0 Å². The minimum absolute atomic E-state index is 0.838.